The van der Waals surface area contributed by atoms with Crippen molar-refractivity contribution in [2.45, 2.75) is 59.5 Å². The minimum atomic E-state index is -0.372. The summed E-state index contributed by atoms with van der Waals surface area (Å²) in [6.45, 7) is 11.6. The van der Waals surface area contributed by atoms with Gasteiger partial charge >= 0.3 is 0 Å². The Kier molecular flexibility index (Phi) is 7.86. The van der Waals surface area contributed by atoms with Gasteiger partial charge in [-0.3, -0.25) is 0 Å². The molecule has 0 bridgehead atoms. The van der Waals surface area contributed by atoms with Gasteiger partial charge in [0.25, 0.3) is 0 Å². The van der Waals surface area contributed by atoms with Gasteiger partial charge in [0.2, 0.25) is 0 Å². The van der Waals surface area contributed by atoms with Crippen LogP contribution in [0.25, 0.3) is 0 Å². The van der Waals surface area contributed by atoms with Crippen molar-refractivity contribution < 1.29 is 5.11 Å². The van der Waals surface area contributed by atoms with Crippen LogP contribution in [-0.4, -0.2) is 29.6 Å². The van der Waals surface area contributed by atoms with Crippen LogP contribution in [0, 0.1) is 13.8 Å². The van der Waals surface area contributed by atoms with Crippen molar-refractivity contribution in [1.29, 1.82) is 0 Å². The van der Waals surface area contributed by atoms with Crippen molar-refractivity contribution in [3.05, 3.63) is 34.9 Å². The Labute approximate surface area is 124 Å². The lowest BCUT2D eigenvalue weighted by molar-refractivity contribution is 0.110. The van der Waals surface area contributed by atoms with Crippen LogP contribution in [0.15, 0.2) is 18.2 Å². The standard InChI is InChI=1S/C18H31NO/c1-5-7-11-19(12-8-6-2)14-18(20)17-13-15(3)9-10-16(17)4/h9-10,13,18,20H,5-8,11-12,14H2,1-4H3. The summed E-state index contributed by atoms with van der Waals surface area (Å²) in [5.41, 5.74) is 3.50. The molecule has 1 unspecified atom stereocenters. The molecule has 0 saturated carbocycles. The molecule has 0 aliphatic heterocycles. The molecule has 0 heterocycles. The molecule has 20 heavy (non-hydrogen) atoms. The van der Waals surface area contributed by atoms with Crippen LogP contribution in [0.4, 0.5) is 0 Å². The highest BCUT2D eigenvalue weighted by Gasteiger charge is 2.15. The van der Waals surface area contributed by atoms with E-state index in [1.54, 1.807) is 0 Å². The number of rotatable bonds is 9. The van der Waals surface area contributed by atoms with Crippen molar-refractivity contribution in [2.24, 2.45) is 0 Å². The molecule has 0 fully saturated rings. The lowest BCUT2D eigenvalue weighted by Crippen LogP contribution is -2.31. The van der Waals surface area contributed by atoms with Crippen molar-refractivity contribution in [1.82, 2.24) is 4.90 Å². The fourth-order valence-electron chi connectivity index (χ4n) is 2.52. The average molecular weight is 277 g/mol. The van der Waals surface area contributed by atoms with Crippen molar-refractivity contribution in [2.75, 3.05) is 19.6 Å². The molecule has 114 valence electrons. The summed E-state index contributed by atoms with van der Waals surface area (Å²) in [5.74, 6) is 0. The van der Waals surface area contributed by atoms with Gasteiger partial charge in [0.1, 0.15) is 0 Å². The normalized spacial score (nSPS) is 12.9. The second kappa shape index (κ2) is 9.15. The van der Waals surface area contributed by atoms with Gasteiger partial charge in [0, 0.05) is 6.54 Å². The smallest absolute Gasteiger partial charge is 0.0919 e. The zero-order valence-electron chi connectivity index (χ0n) is 13.7. The number of nitrogens with zero attached hydrogens (tertiary/aromatic N) is 1. The van der Waals surface area contributed by atoms with Crippen LogP contribution in [0.2, 0.25) is 0 Å². The third-order valence-corrected chi connectivity index (χ3v) is 3.88. The molecule has 0 aliphatic rings. The van der Waals surface area contributed by atoms with E-state index in [9.17, 15) is 5.11 Å². The van der Waals surface area contributed by atoms with Crippen LogP contribution in [0.5, 0.6) is 0 Å². The average Bonchev–Trinajstić information content (AvgIpc) is 2.44. The number of benzene rings is 1. The van der Waals surface area contributed by atoms with Crippen molar-refractivity contribution in [3.8, 4) is 0 Å². The SMILES string of the molecule is CCCCN(CCCC)CC(O)c1cc(C)ccc1C. The minimum absolute atomic E-state index is 0.372. The summed E-state index contributed by atoms with van der Waals surface area (Å²) in [6.07, 6.45) is 4.47. The molecular weight excluding hydrogens is 246 g/mol. The van der Waals surface area contributed by atoms with E-state index in [4.69, 9.17) is 0 Å². The lowest BCUT2D eigenvalue weighted by Gasteiger charge is -2.26. The van der Waals surface area contributed by atoms with Crippen LogP contribution < -0.4 is 0 Å². The molecule has 1 atom stereocenters. The van der Waals surface area contributed by atoms with Gasteiger partial charge in [-0.1, -0.05) is 50.5 Å². The summed E-state index contributed by atoms with van der Waals surface area (Å²) < 4.78 is 0. The number of aliphatic hydroxyl groups is 1. The molecule has 1 aromatic rings. The Morgan fingerprint density at radius 1 is 1.05 bits per heavy atom. The first-order valence-corrected chi connectivity index (χ1v) is 8.06. The molecule has 0 radical (unpaired) electrons. The van der Waals surface area contributed by atoms with Crippen LogP contribution in [-0.2, 0) is 0 Å². The predicted molar refractivity (Wildman–Crippen MR) is 87.1 cm³/mol. The Morgan fingerprint density at radius 2 is 1.65 bits per heavy atom. The van der Waals surface area contributed by atoms with Gasteiger partial charge in [0.15, 0.2) is 0 Å². The van der Waals surface area contributed by atoms with E-state index in [1.807, 2.05) is 0 Å². The number of unbranched alkanes of at least 4 members (excludes halogenated alkanes) is 2. The zero-order valence-corrected chi connectivity index (χ0v) is 13.7. The summed E-state index contributed by atoms with van der Waals surface area (Å²) in [6, 6.07) is 6.34. The first-order chi connectivity index (χ1) is 9.58. The highest BCUT2D eigenvalue weighted by molar-refractivity contribution is 5.32. The van der Waals surface area contributed by atoms with E-state index in [-0.39, 0.29) is 6.10 Å². The van der Waals surface area contributed by atoms with E-state index in [0.717, 1.165) is 25.2 Å². The molecule has 0 amide bonds. The van der Waals surface area contributed by atoms with Crippen molar-refractivity contribution >= 4 is 0 Å². The van der Waals surface area contributed by atoms with E-state index in [1.165, 1.54) is 36.8 Å². The minimum Gasteiger partial charge on any atom is -0.387 e. The van der Waals surface area contributed by atoms with E-state index < -0.39 is 0 Å². The van der Waals surface area contributed by atoms with Gasteiger partial charge in [-0.05, 0) is 50.9 Å². The molecule has 2 nitrogen and oxygen atoms in total. The number of hydrogen-bond donors (Lipinski definition) is 1. The molecule has 1 aromatic carbocycles. The highest BCUT2D eigenvalue weighted by atomic mass is 16.3. The Hall–Kier alpha value is -0.860. The molecular formula is C18H31NO. The molecule has 2 heteroatoms. The van der Waals surface area contributed by atoms with Crippen molar-refractivity contribution in [3.63, 3.8) is 0 Å². The monoisotopic (exact) mass is 277 g/mol. The van der Waals surface area contributed by atoms with Gasteiger partial charge in [-0.15, -0.1) is 0 Å². The van der Waals surface area contributed by atoms with Crippen LogP contribution >= 0.6 is 0 Å². The summed E-state index contributed by atoms with van der Waals surface area (Å²) >= 11 is 0. The van der Waals surface area contributed by atoms with E-state index in [0.29, 0.717) is 0 Å². The molecule has 0 spiro atoms. The molecule has 0 aliphatic carbocycles. The fourth-order valence-corrected chi connectivity index (χ4v) is 2.52. The maximum Gasteiger partial charge on any atom is 0.0919 e. The highest BCUT2D eigenvalue weighted by Crippen LogP contribution is 2.20. The Bertz CT molecular complexity index is 381. The van der Waals surface area contributed by atoms with Crippen LogP contribution in [0.3, 0.4) is 0 Å². The number of aliphatic hydroxyl groups excluding tert-OH is 1. The Morgan fingerprint density at radius 3 is 2.20 bits per heavy atom. The third kappa shape index (κ3) is 5.64. The zero-order chi connectivity index (χ0) is 15.0. The maximum atomic E-state index is 10.6. The Balaban J connectivity index is 2.67. The number of aryl methyl sites for hydroxylation is 2. The second-order valence-corrected chi connectivity index (χ2v) is 5.88. The first kappa shape index (κ1) is 17.2. The fraction of sp³-hybridized carbons (Fsp3) is 0.667. The molecule has 0 saturated heterocycles. The first-order valence-electron chi connectivity index (χ1n) is 8.06. The third-order valence-electron chi connectivity index (χ3n) is 3.88. The topological polar surface area (TPSA) is 23.5 Å². The van der Waals surface area contributed by atoms with E-state index in [2.05, 4.69) is 50.8 Å². The summed E-state index contributed by atoms with van der Waals surface area (Å²) in [7, 11) is 0. The maximum absolute atomic E-state index is 10.6. The summed E-state index contributed by atoms with van der Waals surface area (Å²) in [5, 5.41) is 10.6. The van der Waals surface area contributed by atoms with Gasteiger partial charge in [0.05, 0.1) is 6.10 Å². The molecule has 1 rings (SSSR count). The van der Waals surface area contributed by atoms with Gasteiger partial charge in [-0.2, -0.15) is 0 Å². The largest absolute Gasteiger partial charge is 0.387 e. The predicted octanol–water partition coefficient (Wildman–Crippen LogP) is 4.24. The lowest BCUT2D eigenvalue weighted by atomic mass is 10.0. The van der Waals surface area contributed by atoms with Gasteiger partial charge in [-0.25, -0.2) is 0 Å². The molecule has 0 aromatic heterocycles. The van der Waals surface area contributed by atoms with Crippen LogP contribution in [0.1, 0.15) is 62.3 Å². The second-order valence-electron chi connectivity index (χ2n) is 5.88. The summed E-state index contributed by atoms with van der Waals surface area (Å²) in [4.78, 5) is 2.42. The molecule has 1 N–H and O–H groups in total. The van der Waals surface area contributed by atoms with Gasteiger partial charge < -0.3 is 10.0 Å². The quantitative estimate of drug-likeness (QED) is 0.730. The number of hydrogen-bond acceptors (Lipinski definition) is 2. The van der Waals surface area contributed by atoms with E-state index >= 15 is 0 Å².